The number of aliphatic hydroxyl groups excluding tert-OH is 1. The van der Waals surface area contributed by atoms with E-state index in [0.717, 1.165) is 36.7 Å². The van der Waals surface area contributed by atoms with Gasteiger partial charge in [0.1, 0.15) is 11.6 Å². The van der Waals surface area contributed by atoms with E-state index in [1.165, 1.54) is 12.8 Å². The Morgan fingerprint density at radius 2 is 2.00 bits per heavy atom. The molecular weight excluding hydrogens is 240 g/mol. The summed E-state index contributed by atoms with van der Waals surface area (Å²) in [5.74, 6) is 1.77. The Morgan fingerprint density at radius 1 is 1.32 bits per heavy atom. The van der Waals surface area contributed by atoms with Gasteiger partial charge in [0.2, 0.25) is 0 Å². The molecule has 2 fully saturated rings. The van der Waals surface area contributed by atoms with Crippen LogP contribution in [-0.4, -0.2) is 45.2 Å². The third-order valence-corrected chi connectivity index (χ3v) is 4.34. The van der Waals surface area contributed by atoms with Gasteiger partial charge in [-0.2, -0.15) is 0 Å². The van der Waals surface area contributed by atoms with Crippen molar-refractivity contribution in [2.45, 2.75) is 57.3 Å². The monoisotopic (exact) mass is 262 g/mol. The Balaban J connectivity index is 1.77. The fourth-order valence-corrected chi connectivity index (χ4v) is 3.50. The number of aromatic nitrogens is 2. The van der Waals surface area contributed by atoms with Crippen molar-refractivity contribution in [2.75, 3.05) is 12.4 Å². The van der Waals surface area contributed by atoms with Crippen LogP contribution in [-0.2, 0) is 6.54 Å². The van der Waals surface area contributed by atoms with E-state index in [4.69, 9.17) is 0 Å². The predicted octanol–water partition coefficient (Wildman–Crippen LogP) is 1.31. The molecule has 1 aromatic rings. The summed E-state index contributed by atoms with van der Waals surface area (Å²) in [5, 5.41) is 12.9. The molecule has 0 amide bonds. The molecule has 2 aliphatic rings. The molecule has 19 heavy (non-hydrogen) atoms. The summed E-state index contributed by atoms with van der Waals surface area (Å²) < 4.78 is 0. The Bertz CT molecular complexity index is 451. The summed E-state index contributed by atoms with van der Waals surface area (Å²) in [4.78, 5) is 11.6. The van der Waals surface area contributed by atoms with Gasteiger partial charge in [0.15, 0.2) is 0 Å². The van der Waals surface area contributed by atoms with Crippen LogP contribution in [0.3, 0.4) is 0 Å². The van der Waals surface area contributed by atoms with Gasteiger partial charge in [-0.05, 0) is 32.6 Å². The van der Waals surface area contributed by atoms with Crippen molar-refractivity contribution in [3.63, 3.8) is 0 Å². The van der Waals surface area contributed by atoms with Crippen LogP contribution in [0, 0.1) is 6.92 Å². The van der Waals surface area contributed by atoms with Crippen LogP contribution in [0.5, 0.6) is 0 Å². The second-order valence-electron chi connectivity index (χ2n) is 5.74. The first-order valence-corrected chi connectivity index (χ1v) is 7.12. The van der Waals surface area contributed by atoms with E-state index < -0.39 is 0 Å². The van der Waals surface area contributed by atoms with E-state index in [1.807, 2.05) is 20.0 Å². The Labute approximate surface area is 114 Å². The molecule has 5 nitrogen and oxygen atoms in total. The summed E-state index contributed by atoms with van der Waals surface area (Å²) in [7, 11) is 1.88. The molecule has 2 unspecified atom stereocenters. The number of hydrogen-bond donors (Lipinski definition) is 2. The lowest BCUT2D eigenvalue weighted by atomic mass is 10.00. The molecule has 2 bridgehead atoms. The highest BCUT2D eigenvalue weighted by atomic mass is 16.3. The van der Waals surface area contributed by atoms with Gasteiger partial charge in [0.05, 0.1) is 12.6 Å². The van der Waals surface area contributed by atoms with E-state index in [9.17, 15) is 5.11 Å². The van der Waals surface area contributed by atoms with Gasteiger partial charge in [0, 0.05) is 30.9 Å². The number of aryl methyl sites for hydroxylation is 1. The molecule has 2 aliphatic heterocycles. The number of nitrogens with one attached hydrogen (secondary N) is 1. The molecule has 2 N–H and O–H groups in total. The van der Waals surface area contributed by atoms with E-state index in [1.54, 1.807) is 0 Å². The molecule has 2 saturated heterocycles. The molecule has 3 rings (SSSR count). The second kappa shape index (κ2) is 5.06. The van der Waals surface area contributed by atoms with Crippen molar-refractivity contribution in [2.24, 2.45) is 0 Å². The van der Waals surface area contributed by atoms with Crippen molar-refractivity contribution < 1.29 is 5.11 Å². The molecule has 2 atom stereocenters. The van der Waals surface area contributed by atoms with Crippen LogP contribution >= 0.6 is 0 Å². The molecule has 0 aliphatic carbocycles. The average molecular weight is 262 g/mol. The van der Waals surface area contributed by atoms with Crippen LogP contribution in [0.4, 0.5) is 5.82 Å². The maximum Gasteiger partial charge on any atom is 0.144 e. The Kier molecular flexibility index (Phi) is 3.41. The zero-order chi connectivity index (χ0) is 13.4. The minimum Gasteiger partial charge on any atom is -0.393 e. The van der Waals surface area contributed by atoms with Gasteiger partial charge >= 0.3 is 0 Å². The van der Waals surface area contributed by atoms with Gasteiger partial charge in [-0.15, -0.1) is 0 Å². The number of aliphatic hydroxyl groups is 1. The van der Waals surface area contributed by atoms with Crippen LogP contribution in [0.1, 0.15) is 37.2 Å². The molecule has 3 heterocycles. The largest absolute Gasteiger partial charge is 0.393 e. The van der Waals surface area contributed by atoms with E-state index in [-0.39, 0.29) is 6.10 Å². The van der Waals surface area contributed by atoms with Crippen molar-refractivity contribution in [3.8, 4) is 0 Å². The summed E-state index contributed by atoms with van der Waals surface area (Å²) >= 11 is 0. The maximum atomic E-state index is 9.83. The van der Waals surface area contributed by atoms with Crippen LogP contribution in [0.2, 0.25) is 0 Å². The number of fused-ring (bicyclic) bond motifs is 2. The zero-order valence-corrected chi connectivity index (χ0v) is 11.6. The highest BCUT2D eigenvalue weighted by Gasteiger charge is 2.40. The zero-order valence-electron chi connectivity index (χ0n) is 11.6. The summed E-state index contributed by atoms with van der Waals surface area (Å²) in [6, 6.07) is 2.98. The number of rotatable bonds is 3. The summed E-state index contributed by atoms with van der Waals surface area (Å²) in [6.45, 7) is 2.80. The second-order valence-corrected chi connectivity index (χ2v) is 5.74. The number of piperidine rings is 1. The highest BCUT2D eigenvalue weighted by molar-refractivity contribution is 5.34. The molecule has 104 valence electrons. The SMILES string of the molecule is CNc1cc(C)nc(CN2C3CCC2CC(O)C3)n1. The first kappa shape index (κ1) is 12.8. The van der Waals surface area contributed by atoms with Gasteiger partial charge in [-0.25, -0.2) is 9.97 Å². The lowest BCUT2D eigenvalue weighted by Crippen LogP contribution is -2.44. The lowest BCUT2D eigenvalue weighted by Gasteiger charge is -2.36. The van der Waals surface area contributed by atoms with Gasteiger partial charge < -0.3 is 10.4 Å². The first-order valence-electron chi connectivity index (χ1n) is 7.12. The standard InChI is InChI=1S/C14H22N4O/c1-9-5-13(15-2)17-14(16-9)8-18-10-3-4-11(18)7-12(19)6-10/h5,10-12,19H,3-4,6-8H2,1-2H3,(H,15,16,17). The quantitative estimate of drug-likeness (QED) is 0.860. The lowest BCUT2D eigenvalue weighted by molar-refractivity contribution is 0.0296. The maximum absolute atomic E-state index is 9.83. The minimum absolute atomic E-state index is 0.111. The third-order valence-electron chi connectivity index (χ3n) is 4.34. The summed E-state index contributed by atoms with van der Waals surface area (Å²) in [5.41, 5.74) is 0.999. The van der Waals surface area contributed by atoms with Crippen LogP contribution in [0.15, 0.2) is 6.07 Å². The van der Waals surface area contributed by atoms with Gasteiger partial charge in [-0.1, -0.05) is 0 Å². The van der Waals surface area contributed by atoms with Crippen LogP contribution < -0.4 is 5.32 Å². The van der Waals surface area contributed by atoms with Gasteiger partial charge in [-0.3, -0.25) is 4.90 Å². The molecule has 0 spiro atoms. The van der Waals surface area contributed by atoms with Crippen molar-refractivity contribution in [3.05, 3.63) is 17.6 Å². The molecule has 0 aromatic carbocycles. The minimum atomic E-state index is -0.111. The Hall–Kier alpha value is -1.20. The Morgan fingerprint density at radius 3 is 2.63 bits per heavy atom. The average Bonchev–Trinajstić information content (AvgIpc) is 2.60. The topological polar surface area (TPSA) is 61.3 Å². The number of hydrogen-bond acceptors (Lipinski definition) is 5. The molecule has 0 radical (unpaired) electrons. The number of anilines is 1. The van der Waals surface area contributed by atoms with E-state index in [0.29, 0.717) is 12.1 Å². The fraction of sp³-hybridized carbons (Fsp3) is 0.714. The highest BCUT2D eigenvalue weighted by Crippen LogP contribution is 2.36. The predicted molar refractivity (Wildman–Crippen MR) is 73.9 cm³/mol. The van der Waals surface area contributed by atoms with Crippen molar-refractivity contribution in [1.82, 2.24) is 14.9 Å². The van der Waals surface area contributed by atoms with Gasteiger partial charge in [0.25, 0.3) is 0 Å². The molecule has 1 aromatic heterocycles. The first-order chi connectivity index (χ1) is 9.15. The van der Waals surface area contributed by atoms with Crippen molar-refractivity contribution in [1.29, 1.82) is 0 Å². The molecule has 5 heteroatoms. The summed E-state index contributed by atoms with van der Waals surface area (Å²) in [6.07, 6.45) is 4.10. The number of nitrogens with zero attached hydrogens (tertiary/aromatic N) is 3. The van der Waals surface area contributed by atoms with E-state index in [2.05, 4.69) is 20.2 Å². The normalized spacial score (nSPS) is 30.6. The van der Waals surface area contributed by atoms with E-state index >= 15 is 0 Å². The fourth-order valence-electron chi connectivity index (χ4n) is 3.50. The molecular formula is C14H22N4O. The molecule has 0 saturated carbocycles. The van der Waals surface area contributed by atoms with Crippen molar-refractivity contribution >= 4 is 5.82 Å². The van der Waals surface area contributed by atoms with Crippen LogP contribution in [0.25, 0.3) is 0 Å². The third kappa shape index (κ3) is 2.58. The smallest absolute Gasteiger partial charge is 0.144 e.